The molecule has 1 aliphatic rings. The number of likely N-dealkylation sites (tertiary alicyclic amines) is 1. The zero-order valence-corrected chi connectivity index (χ0v) is 10.4. The summed E-state index contributed by atoms with van der Waals surface area (Å²) in [6, 6.07) is 1.62. The van der Waals surface area contributed by atoms with Crippen LogP contribution in [0.5, 0.6) is 0 Å². The molecule has 5 nitrogen and oxygen atoms in total. The van der Waals surface area contributed by atoms with Crippen LogP contribution in [0.1, 0.15) is 36.0 Å². The summed E-state index contributed by atoms with van der Waals surface area (Å²) in [5.74, 6) is -0.156. The third kappa shape index (κ3) is 2.61. The second kappa shape index (κ2) is 5.82. The topological polar surface area (TPSA) is 79.2 Å². The summed E-state index contributed by atoms with van der Waals surface area (Å²) in [4.78, 5) is 28.6. The predicted molar refractivity (Wildman–Crippen MR) is 69.4 cm³/mol. The van der Waals surface area contributed by atoms with E-state index < -0.39 is 0 Å². The molecule has 18 heavy (non-hydrogen) atoms. The minimum Gasteiger partial charge on any atom is -0.367 e. The van der Waals surface area contributed by atoms with Crippen molar-refractivity contribution in [2.75, 3.05) is 13.1 Å². The number of aromatic nitrogens is 1. The van der Waals surface area contributed by atoms with Gasteiger partial charge >= 0.3 is 0 Å². The highest BCUT2D eigenvalue weighted by Gasteiger charge is 2.29. The van der Waals surface area contributed by atoms with Gasteiger partial charge in [0.2, 0.25) is 0 Å². The largest absolute Gasteiger partial charge is 0.367 e. The lowest BCUT2D eigenvalue weighted by Crippen LogP contribution is -2.38. The molecule has 0 aliphatic carbocycles. The SMILES string of the molecule is NCCCC1CCCN1C(=O)c1c[nH]ccc1=O. The van der Waals surface area contributed by atoms with E-state index in [1.807, 2.05) is 4.90 Å². The smallest absolute Gasteiger partial charge is 0.259 e. The molecular formula is C13H19N3O2. The van der Waals surface area contributed by atoms with Crippen molar-refractivity contribution in [1.82, 2.24) is 9.88 Å². The Morgan fingerprint density at radius 2 is 2.39 bits per heavy atom. The number of aromatic amines is 1. The molecule has 1 unspecified atom stereocenters. The number of carbonyl (C=O) groups excluding carboxylic acids is 1. The Morgan fingerprint density at radius 1 is 1.56 bits per heavy atom. The molecule has 1 fully saturated rings. The van der Waals surface area contributed by atoms with Crippen molar-refractivity contribution >= 4 is 5.91 Å². The average molecular weight is 249 g/mol. The number of nitrogens with two attached hydrogens (primary N) is 1. The number of nitrogens with zero attached hydrogens (tertiary/aromatic N) is 1. The Morgan fingerprint density at radius 3 is 3.11 bits per heavy atom. The maximum atomic E-state index is 12.3. The van der Waals surface area contributed by atoms with E-state index in [9.17, 15) is 9.59 Å². The number of carbonyl (C=O) groups is 1. The van der Waals surface area contributed by atoms with Gasteiger partial charge in [-0.15, -0.1) is 0 Å². The van der Waals surface area contributed by atoms with Gasteiger partial charge in [0.05, 0.1) is 0 Å². The molecule has 2 heterocycles. The Labute approximate surface area is 106 Å². The first-order chi connectivity index (χ1) is 8.74. The van der Waals surface area contributed by atoms with Crippen LogP contribution in [0, 0.1) is 0 Å². The molecule has 2 rings (SSSR count). The fourth-order valence-electron chi connectivity index (χ4n) is 2.49. The molecule has 1 saturated heterocycles. The maximum absolute atomic E-state index is 12.3. The molecule has 0 radical (unpaired) electrons. The standard InChI is InChI=1S/C13H19N3O2/c14-6-1-3-10-4-2-8-16(10)13(18)11-9-15-7-5-12(11)17/h5,7,9-10H,1-4,6,8,14H2,(H,15,17). The summed E-state index contributed by atoms with van der Waals surface area (Å²) in [5.41, 5.74) is 5.52. The lowest BCUT2D eigenvalue weighted by atomic mass is 10.1. The van der Waals surface area contributed by atoms with E-state index in [1.165, 1.54) is 18.5 Å². The Hall–Kier alpha value is -1.62. The number of nitrogens with one attached hydrogen (secondary N) is 1. The Balaban J connectivity index is 2.13. The van der Waals surface area contributed by atoms with E-state index >= 15 is 0 Å². The van der Waals surface area contributed by atoms with E-state index in [1.54, 1.807) is 0 Å². The average Bonchev–Trinajstić information content (AvgIpc) is 2.84. The monoisotopic (exact) mass is 249 g/mol. The summed E-state index contributed by atoms with van der Waals surface area (Å²) >= 11 is 0. The van der Waals surface area contributed by atoms with Gasteiger partial charge in [-0.05, 0) is 32.2 Å². The summed E-state index contributed by atoms with van der Waals surface area (Å²) in [6.07, 6.45) is 6.88. The lowest BCUT2D eigenvalue weighted by Gasteiger charge is -2.24. The van der Waals surface area contributed by atoms with Crippen LogP contribution in [-0.4, -0.2) is 34.9 Å². The fraction of sp³-hybridized carbons (Fsp3) is 0.538. The second-order valence-electron chi connectivity index (χ2n) is 4.65. The zero-order valence-electron chi connectivity index (χ0n) is 10.4. The van der Waals surface area contributed by atoms with Crippen molar-refractivity contribution in [3.63, 3.8) is 0 Å². The second-order valence-corrected chi connectivity index (χ2v) is 4.65. The molecule has 1 atom stereocenters. The number of pyridine rings is 1. The van der Waals surface area contributed by atoms with Gasteiger partial charge in [-0.2, -0.15) is 0 Å². The van der Waals surface area contributed by atoms with Crippen LogP contribution in [0.4, 0.5) is 0 Å². The van der Waals surface area contributed by atoms with Gasteiger partial charge in [-0.1, -0.05) is 0 Å². The molecule has 0 saturated carbocycles. The summed E-state index contributed by atoms with van der Waals surface area (Å²) in [7, 11) is 0. The van der Waals surface area contributed by atoms with Crippen molar-refractivity contribution in [2.45, 2.75) is 31.7 Å². The number of rotatable bonds is 4. The highest BCUT2D eigenvalue weighted by molar-refractivity contribution is 5.94. The van der Waals surface area contributed by atoms with Crippen molar-refractivity contribution in [1.29, 1.82) is 0 Å². The van der Waals surface area contributed by atoms with Gasteiger partial charge in [0, 0.05) is 31.0 Å². The van der Waals surface area contributed by atoms with Crippen molar-refractivity contribution in [2.24, 2.45) is 5.73 Å². The molecule has 0 aromatic carbocycles. The predicted octanol–water partition coefficient (Wildman–Crippen LogP) is 0.718. The van der Waals surface area contributed by atoms with Crippen LogP contribution < -0.4 is 11.2 Å². The van der Waals surface area contributed by atoms with Gasteiger partial charge in [0.15, 0.2) is 5.43 Å². The first-order valence-corrected chi connectivity index (χ1v) is 6.42. The molecule has 3 N–H and O–H groups in total. The van der Waals surface area contributed by atoms with Gasteiger partial charge in [-0.25, -0.2) is 0 Å². The normalized spacial score (nSPS) is 19.2. The number of hydrogen-bond acceptors (Lipinski definition) is 3. The molecule has 1 aromatic rings. The highest BCUT2D eigenvalue weighted by Crippen LogP contribution is 2.22. The third-order valence-electron chi connectivity index (χ3n) is 3.43. The number of H-pyrrole nitrogens is 1. The van der Waals surface area contributed by atoms with Gasteiger partial charge in [0.25, 0.3) is 5.91 Å². The number of amides is 1. The first-order valence-electron chi connectivity index (χ1n) is 6.42. The molecule has 0 bridgehead atoms. The van der Waals surface area contributed by atoms with E-state index in [0.717, 1.165) is 32.2 Å². The minimum absolute atomic E-state index is 0.156. The quantitative estimate of drug-likeness (QED) is 0.825. The molecule has 1 aliphatic heterocycles. The first kappa shape index (κ1) is 12.8. The van der Waals surface area contributed by atoms with Crippen LogP contribution >= 0.6 is 0 Å². The van der Waals surface area contributed by atoms with E-state index in [0.29, 0.717) is 6.54 Å². The van der Waals surface area contributed by atoms with Crippen LogP contribution in [0.15, 0.2) is 23.3 Å². The van der Waals surface area contributed by atoms with Crippen molar-refractivity contribution in [3.8, 4) is 0 Å². The van der Waals surface area contributed by atoms with Crippen LogP contribution in [0.25, 0.3) is 0 Å². The molecular weight excluding hydrogens is 230 g/mol. The molecule has 5 heteroatoms. The maximum Gasteiger partial charge on any atom is 0.259 e. The van der Waals surface area contributed by atoms with E-state index in [4.69, 9.17) is 5.73 Å². The number of hydrogen-bond donors (Lipinski definition) is 2. The molecule has 0 spiro atoms. The third-order valence-corrected chi connectivity index (χ3v) is 3.43. The van der Waals surface area contributed by atoms with E-state index in [2.05, 4.69) is 4.98 Å². The fourth-order valence-corrected chi connectivity index (χ4v) is 2.49. The summed E-state index contributed by atoms with van der Waals surface area (Å²) in [5, 5.41) is 0. The summed E-state index contributed by atoms with van der Waals surface area (Å²) in [6.45, 7) is 1.38. The molecule has 1 aromatic heterocycles. The molecule has 1 amide bonds. The molecule has 98 valence electrons. The van der Waals surface area contributed by atoms with Gasteiger partial charge in [0.1, 0.15) is 5.56 Å². The van der Waals surface area contributed by atoms with Crippen LogP contribution in [0.3, 0.4) is 0 Å². The van der Waals surface area contributed by atoms with E-state index in [-0.39, 0.29) is 22.9 Å². The van der Waals surface area contributed by atoms with Gasteiger partial charge in [-0.3, -0.25) is 9.59 Å². The summed E-state index contributed by atoms with van der Waals surface area (Å²) < 4.78 is 0. The Kier molecular flexibility index (Phi) is 4.15. The minimum atomic E-state index is -0.219. The van der Waals surface area contributed by atoms with Crippen molar-refractivity contribution < 1.29 is 4.79 Å². The Bertz CT molecular complexity index is 469. The van der Waals surface area contributed by atoms with Crippen LogP contribution in [0.2, 0.25) is 0 Å². The highest BCUT2D eigenvalue weighted by atomic mass is 16.2. The van der Waals surface area contributed by atoms with Crippen LogP contribution in [-0.2, 0) is 0 Å². The zero-order chi connectivity index (χ0) is 13.0. The lowest BCUT2D eigenvalue weighted by molar-refractivity contribution is 0.0728. The van der Waals surface area contributed by atoms with Crippen molar-refractivity contribution in [3.05, 3.63) is 34.2 Å². The van der Waals surface area contributed by atoms with Gasteiger partial charge < -0.3 is 15.6 Å².